The Bertz CT molecular complexity index is 909. The van der Waals surface area contributed by atoms with Gasteiger partial charge in [0, 0.05) is 26.7 Å². The molecule has 9 nitrogen and oxygen atoms in total. The van der Waals surface area contributed by atoms with E-state index in [4.69, 9.17) is 4.84 Å². The third-order valence-electron chi connectivity index (χ3n) is 4.60. The van der Waals surface area contributed by atoms with Gasteiger partial charge in [-0.1, -0.05) is 4.85 Å². The standard InChI is InChI=1S/C16H23N5O4S/c1-12-6-4-5-9-20(12)16(22)11-25-21-15-10-13(26(23,24)19(2)3)7-8-14(15)17-18-21/h7-8,10,12H,4-6,9,11H2,1-3H3/t12-/m1/s1. The van der Waals surface area contributed by atoms with E-state index in [9.17, 15) is 13.2 Å². The van der Waals surface area contributed by atoms with Crippen LogP contribution in [0.1, 0.15) is 26.2 Å². The van der Waals surface area contributed by atoms with Gasteiger partial charge in [0.2, 0.25) is 10.0 Å². The Morgan fingerprint density at radius 3 is 2.81 bits per heavy atom. The van der Waals surface area contributed by atoms with Gasteiger partial charge in [-0.3, -0.25) is 4.79 Å². The first kappa shape index (κ1) is 18.6. The van der Waals surface area contributed by atoms with Crippen molar-refractivity contribution < 1.29 is 18.0 Å². The fourth-order valence-corrected chi connectivity index (χ4v) is 3.93. The number of hydrogen-bond donors (Lipinski definition) is 0. The largest absolute Gasteiger partial charge is 0.385 e. The molecule has 1 aliphatic heterocycles. The zero-order valence-corrected chi connectivity index (χ0v) is 15.9. The maximum absolute atomic E-state index is 12.4. The third kappa shape index (κ3) is 3.51. The minimum absolute atomic E-state index is 0.109. The number of nitrogens with zero attached hydrogens (tertiary/aromatic N) is 5. The lowest BCUT2D eigenvalue weighted by Gasteiger charge is -2.33. The van der Waals surface area contributed by atoms with Gasteiger partial charge in [-0.05, 0) is 49.6 Å². The number of benzene rings is 1. The van der Waals surface area contributed by atoms with Gasteiger partial charge in [-0.25, -0.2) is 12.7 Å². The predicted molar refractivity (Wildman–Crippen MR) is 94.9 cm³/mol. The van der Waals surface area contributed by atoms with Crippen LogP contribution in [0.5, 0.6) is 0 Å². The minimum atomic E-state index is -3.58. The summed E-state index contributed by atoms with van der Waals surface area (Å²) in [6.07, 6.45) is 3.11. The smallest absolute Gasteiger partial charge is 0.263 e. The van der Waals surface area contributed by atoms with Crippen LogP contribution in [0.25, 0.3) is 11.0 Å². The highest BCUT2D eigenvalue weighted by Crippen LogP contribution is 2.19. The van der Waals surface area contributed by atoms with Crippen LogP contribution in [0.4, 0.5) is 0 Å². The highest BCUT2D eigenvalue weighted by molar-refractivity contribution is 7.89. The number of amides is 1. The normalized spacial score (nSPS) is 18.5. The van der Waals surface area contributed by atoms with Crippen molar-refractivity contribution in [2.24, 2.45) is 0 Å². The molecule has 0 N–H and O–H groups in total. The molecule has 142 valence electrons. The second-order valence-corrected chi connectivity index (χ2v) is 8.76. The van der Waals surface area contributed by atoms with Crippen molar-refractivity contribution in [3.8, 4) is 0 Å². The highest BCUT2D eigenvalue weighted by Gasteiger charge is 2.24. The Balaban J connectivity index is 1.79. The lowest BCUT2D eigenvalue weighted by molar-refractivity contribution is -0.140. The summed E-state index contributed by atoms with van der Waals surface area (Å²) in [5, 5.41) is 7.81. The van der Waals surface area contributed by atoms with Crippen LogP contribution >= 0.6 is 0 Å². The van der Waals surface area contributed by atoms with Gasteiger partial charge in [-0.15, -0.1) is 5.10 Å². The van der Waals surface area contributed by atoms with Gasteiger partial charge in [0.1, 0.15) is 11.0 Å². The molecule has 1 aromatic heterocycles. The summed E-state index contributed by atoms with van der Waals surface area (Å²) in [6, 6.07) is 4.67. The van der Waals surface area contributed by atoms with Crippen molar-refractivity contribution in [2.45, 2.75) is 37.1 Å². The van der Waals surface area contributed by atoms with Crippen molar-refractivity contribution in [2.75, 3.05) is 27.2 Å². The van der Waals surface area contributed by atoms with E-state index in [1.807, 2.05) is 11.8 Å². The molecule has 1 saturated heterocycles. The number of carbonyl (C=O) groups excluding carboxylic acids is 1. The van der Waals surface area contributed by atoms with E-state index >= 15 is 0 Å². The van der Waals surface area contributed by atoms with E-state index in [2.05, 4.69) is 10.3 Å². The Labute approximate surface area is 152 Å². The molecule has 2 aromatic rings. The molecule has 0 aliphatic carbocycles. The quantitative estimate of drug-likeness (QED) is 0.749. The summed E-state index contributed by atoms with van der Waals surface area (Å²) in [5.74, 6) is -0.113. The summed E-state index contributed by atoms with van der Waals surface area (Å²) in [6.45, 7) is 2.58. The average molecular weight is 381 g/mol. The van der Waals surface area contributed by atoms with Gasteiger partial charge in [0.15, 0.2) is 6.61 Å². The van der Waals surface area contributed by atoms with Crippen molar-refractivity contribution in [1.29, 1.82) is 0 Å². The lowest BCUT2D eigenvalue weighted by atomic mass is 10.0. The van der Waals surface area contributed by atoms with E-state index in [1.54, 1.807) is 6.07 Å². The van der Waals surface area contributed by atoms with Gasteiger partial charge >= 0.3 is 0 Å². The highest BCUT2D eigenvalue weighted by atomic mass is 32.2. The van der Waals surface area contributed by atoms with Crippen LogP contribution in [-0.2, 0) is 14.8 Å². The van der Waals surface area contributed by atoms with Crippen LogP contribution in [0.15, 0.2) is 23.1 Å². The lowest BCUT2D eigenvalue weighted by Crippen LogP contribution is -2.45. The molecule has 0 radical (unpaired) electrons. The SMILES string of the molecule is C[C@@H]1CCCCN1C(=O)COn1nnc2ccc(S(=O)(=O)N(C)C)cc21. The number of carbonyl (C=O) groups is 1. The molecule has 26 heavy (non-hydrogen) atoms. The number of piperidine rings is 1. The Morgan fingerprint density at radius 1 is 1.35 bits per heavy atom. The molecule has 3 rings (SSSR count). The molecular weight excluding hydrogens is 358 g/mol. The molecular formula is C16H23N5O4S. The van der Waals surface area contributed by atoms with Crippen molar-refractivity contribution >= 4 is 27.0 Å². The van der Waals surface area contributed by atoms with Crippen molar-refractivity contribution in [3.63, 3.8) is 0 Å². The monoisotopic (exact) mass is 381 g/mol. The second kappa shape index (κ2) is 7.20. The average Bonchev–Trinajstić information content (AvgIpc) is 3.02. The summed E-state index contributed by atoms with van der Waals surface area (Å²) >= 11 is 0. The van der Waals surface area contributed by atoms with E-state index in [-0.39, 0.29) is 23.5 Å². The predicted octanol–water partition coefficient (Wildman–Crippen LogP) is 0.511. The summed E-state index contributed by atoms with van der Waals surface area (Å²) in [7, 11) is -0.660. The van der Waals surface area contributed by atoms with E-state index < -0.39 is 10.0 Å². The van der Waals surface area contributed by atoms with Crippen LogP contribution in [-0.4, -0.2) is 72.0 Å². The maximum atomic E-state index is 12.4. The Morgan fingerprint density at radius 2 is 2.12 bits per heavy atom. The van der Waals surface area contributed by atoms with E-state index in [0.717, 1.165) is 35.0 Å². The van der Waals surface area contributed by atoms with Gasteiger partial charge in [0.25, 0.3) is 5.91 Å². The van der Waals surface area contributed by atoms with Gasteiger partial charge < -0.3 is 9.74 Å². The van der Waals surface area contributed by atoms with Crippen LogP contribution in [0.3, 0.4) is 0 Å². The molecule has 1 amide bonds. The molecule has 0 bridgehead atoms. The third-order valence-corrected chi connectivity index (χ3v) is 6.41. The van der Waals surface area contributed by atoms with Crippen molar-refractivity contribution in [3.05, 3.63) is 18.2 Å². The maximum Gasteiger partial charge on any atom is 0.263 e. The summed E-state index contributed by atoms with van der Waals surface area (Å²) < 4.78 is 25.7. The Hall–Kier alpha value is -2.20. The van der Waals surface area contributed by atoms with Gasteiger partial charge in [-0.2, -0.15) is 0 Å². The molecule has 0 saturated carbocycles. The topological polar surface area (TPSA) is 97.6 Å². The molecule has 0 unspecified atom stereocenters. The van der Waals surface area contributed by atoms with Crippen LogP contribution in [0, 0.1) is 0 Å². The Kier molecular flexibility index (Phi) is 5.15. The number of rotatable bonds is 5. The molecule has 2 heterocycles. The molecule has 1 atom stereocenters. The fourth-order valence-electron chi connectivity index (χ4n) is 3.01. The van der Waals surface area contributed by atoms with E-state index in [1.165, 1.54) is 26.2 Å². The van der Waals surface area contributed by atoms with Crippen molar-refractivity contribution in [1.82, 2.24) is 24.4 Å². The number of hydrogen-bond acceptors (Lipinski definition) is 6. The number of sulfonamides is 1. The molecule has 1 fully saturated rings. The second-order valence-electron chi connectivity index (χ2n) is 6.61. The van der Waals surface area contributed by atoms with Gasteiger partial charge in [0.05, 0.1) is 4.90 Å². The van der Waals surface area contributed by atoms with E-state index in [0.29, 0.717) is 11.0 Å². The summed E-state index contributed by atoms with van der Waals surface area (Å²) in [5.41, 5.74) is 0.883. The minimum Gasteiger partial charge on any atom is -0.385 e. The first-order valence-corrected chi connectivity index (χ1v) is 9.95. The molecule has 0 spiro atoms. The number of aromatic nitrogens is 3. The summed E-state index contributed by atoms with van der Waals surface area (Å²) in [4.78, 5) is 20.9. The zero-order chi connectivity index (χ0) is 18.9. The molecule has 1 aromatic carbocycles. The molecule has 1 aliphatic rings. The molecule has 10 heteroatoms. The zero-order valence-electron chi connectivity index (χ0n) is 15.1. The number of likely N-dealkylation sites (tertiary alicyclic amines) is 1. The first-order chi connectivity index (χ1) is 12.3. The first-order valence-electron chi connectivity index (χ1n) is 8.51. The fraction of sp³-hybridized carbons (Fsp3) is 0.562. The van der Waals surface area contributed by atoms with Crippen LogP contribution < -0.4 is 4.84 Å². The number of fused-ring (bicyclic) bond motifs is 1. The van der Waals surface area contributed by atoms with Crippen LogP contribution in [0.2, 0.25) is 0 Å².